The quantitative estimate of drug-likeness (QED) is 0.259. The van der Waals surface area contributed by atoms with E-state index in [4.69, 9.17) is 6.58 Å². The van der Waals surface area contributed by atoms with Crippen LogP contribution in [-0.2, 0) is 22.4 Å². The summed E-state index contributed by atoms with van der Waals surface area (Å²) in [5.41, 5.74) is 12.1. The lowest BCUT2D eigenvalue weighted by atomic mass is 9.42. The molecule has 41 heavy (non-hydrogen) atoms. The van der Waals surface area contributed by atoms with Crippen LogP contribution >= 0.6 is 0 Å². The summed E-state index contributed by atoms with van der Waals surface area (Å²) in [6.07, 6.45) is 5.68. The van der Waals surface area contributed by atoms with E-state index in [-0.39, 0.29) is 27.8 Å². The lowest BCUT2D eigenvalue weighted by molar-refractivity contribution is -0.134. The van der Waals surface area contributed by atoms with Crippen molar-refractivity contribution in [2.45, 2.75) is 128 Å². The number of rotatable bonds is 6. The number of Topliss-reactive ketones (excluding diaryl/α,β-unsaturated/α-hetero) is 2. The molecule has 0 unspecified atom stereocenters. The number of ketones is 2. The summed E-state index contributed by atoms with van der Waals surface area (Å²) >= 11 is 0. The van der Waals surface area contributed by atoms with Crippen molar-refractivity contribution >= 4 is 17.1 Å². The Morgan fingerprint density at radius 1 is 1.07 bits per heavy atom. The highest BCUT2D eigenvalue weighted by atomic mass is 16.1. The molecule has 0 aromatic heterocycles. The maximum absolute atomic E-state index is 14.2. The number of fused-ring (bicyclic) bond motifs is 3. The highest BCUT2D eigenvalue weighted by Crippen LogP contribution is 2.68. The minimum absolute atomic E-state index is 0.00499. The maximum Gasteiger partial charge on any atom is 0.176 e. The largest absolute Gasteiger partial charge is 0.294 e. The van der Waals surface area contributed by atoms with E-state index in [1.165, 1.54) is 39.0 Å². The molecular weight excluding hydrogens is 500 g/mol. The van der Waals surface area contributed by atoms with Crippen molar-refractivity contribution in [3.63, 3.8) is 0 Å². The molecule has 0 radical (unpaired) electrons. The van der Waals surface area contributed by atoms with Gasteiger partial charge in [0.25, 0.3) is 0 Å². The van der Waals surface area contributed by atoms with Crippen LogP contribution in [0.4, 0.5) is 0 Å². The highest BCUT2D eigenvalue weighted by molar-refractivity contribution is 6.23. The molecule has 1 aromatic carbocycles. The number of carbonyl (C=O) groups is 2. The summed E-state index contributed by atoms with van der Waals surface area (Å²) in [6, 6.07) is 2.46. The molecule has 0 spiro atoms. The second-order valence-corrected chi connectivity index (χ2v) is 16.0. The Kier molecular flexibility index (Phi) is 7.72. The van der Waals surface area contributed by atoms with Crippen molar-refractivity contribution in [2.24, 2.45) is 21.7 Å². The fraction of sp³-hybridized carbons (Fsp3) is 0.590. The summed E-state index contributed by atoms with van der Waals surface area (Å²) in [7, 11) is 0. The van der Waals surface area contributed by atoms with Crippen molar-refractivity contribution in [3.8, 4) is 0 Å². The van der Waals surface area contributed by atoms with E-state index in [1.807, 2.05) is 6.92 Å². The number of benzene rings is 1. The Labute approximate surface area is 250 Å². The second-order valence-electron chi connectivity index (χ2n) is 16.0. The van der Waals surface area contributed by atoms with Gasteiger partial charge in [-0.2, -0.15) is 0 Å². The van der Waals surface area contributed by atoms with Crippen LogP contribution in [0.2, 0.25) is 0 Å². The zero-order valence-electron chi connectivity index (χ0n) is 28.1. The summed E-state index contributed by atoms with van der Waals surface area (Å²) in [4.78, 5) is 26.9. The number of allylic oxidation sites excluding steroid dienone is 6. The van der Waals surface area contributed by atoms with Gasteiger partial charge in [-0.25, -0.2) is 0 Å². The zero-order valence-corrected chi connectivity index (χ0v) is 28.1. The smallest absolute Gasteiger partial charge is 0.176 e. The van der Waals surface area contributed by atoms with Gasteiger partial charge < -0.3 is 0 Å². The molecule has 0 N–H and O–H groups in total. The SMILES string of the molecule is C=C(CCC(C)(C)C)Cc1cc(C(C)C)c2c(c1C)C(=C)C1=C(C)[C@@]3(C)C(=O)C(C(C)=O)=C(C)C[C@@]3(C)C[C@@]1(C)C2. The third kappa shape index (κ3) is 4.88. The fourth-order valence-corrected chi connectivity index (χ4v) is 8.92. The predicted octanol–water partition coefficient (Wildman–Crippen LogP) is 10.2. The van der Waals surface area contributed by atoms with Crippen LogP contribution in [0.25, 0.3) is 5.57 Å². The van der Waals surface area contributed by atoms with Crippen molar-refractivity contribution in [2.75, 3.05) is 0 Å². The van der Waals surface area contributed by atoms with Crippen LogP contribution in [0.15, 0.2) is 47.1 Å². The van der Waals surface area contributed by atoms with Gasteiger partial charge in [-0.3, -0.25) is 9.59 Å². The molecule has 0 bridgehead atoms. The standard InChI is InChI=1S/C39H54O2/c1-22(2)30-18-29(17-23(3)15-16-36(9,10)11)25(5)33-26(6)34-27(7)39(14)35(41)32(28(8)40)24(4)19-38(39,13)21-37(34,12)20-31(30)33/h18,22H,3,6,15-17,19-21H2,1-2,4-5,7-14H3/t37-,38+,39+/m1/s1. The molecule has 3 aliphatic rings. The Morgan fingerprint density at radius 2 is 1.68 bits per heavy atom. The van der Waals surface area contributed by atoms with E-state index in [0.29, 0.717) is 11.5 Å². The van der Waals surface area contributed by atoms with Gasteiger partial charge in [-0.15, -0.1) is 0 Å². The number of hydrogen-bond acceptors (Lipinski definition) is 2. The Bertz CT molecular complexity index is 1430. The van der Waals surface area contributed by atoms with Gasteiger partial charge >= 0.3 is 0 Å². The van der Waals surface area contributed by atoms with Crippen LogP contribution in [0.3, 0.4) is 0 Å². The van der Waals surface area contributed by atoms with Gasteiger partial charge in [-0.05, 0) is 134 Å². The van der Waals surface area contributed by atoms with Crippen LogP contribution in [0.1, 0.15) is 136 Å². The summed E-state index contributed by atoms with van der Waals surface area (Å²) in [5, 5.41) is 0. The Balaban J connectivity index is 1.91. The van der Waals surface area contributed by atoms with Crippen molar-refractivity contribution in [1.29, 1.82) is 0 Å². The van der Waals surface area contributed by atoms with E-state index in [1.54, 1.807) is 6.92 Å². The molecule has 1 aromatic rings. The first-order valence-corrected chi connectivity index (χ1v) is 15.7. The second kappa shape index (κ2) is 10.1. The lowest BCUT2D eigenvalue weighted by Gasteiger charge is -2.60. The van der Waals surface area contributed by atoms with Crippen molar-refractivity contribution < 1.29 is 9.59 Å². The molecule has 3 aliphatic carbocycles. The topological polar surface area (TPSA) is 34.1 Å². The summed E-state index contributed by atoms with van der Waals surface area (Å²) in [5.74, 6) is 0.298. The molecule has 0 saturated carbocycles. The minimum atomic E-state index is -0.726. The van der Waals surface area contributed by atoms with Crippen molar-refractivity contribution in [1.82, 2.24) is 0 Å². The van der Waals surface area contributed by atoms with E-state index in [0.717, 1.165) is 55.2 Å². The first-order valence-electron chi connectivity index (χ1n) is 15.7. The zero-order chi connectivity index (χ0) is 31.0. The number of hydrogen-bond donors (Lipinski definition) is 0. The van der Waals surface area contributed by atoms with Crippen LogP contribution in [-0.4, -0.2) is 11.6 Å². The van der Waals surface area contributed by atoms with Gasteiger partial charge in [0, 0.05) is 0 Å². The highest BCUT2D eigenvalue weighted by Gasteiger charge is 2.62. The lowest BCUT2D eigenvalue weighted by Crippen LogP contribution is -2.56. The molecule has 0 fully saturated rings. The molecule has 2 nitrogen and oxygen atoms in total. The third-order valence-electron chi connectivity index (χ3n) is 11.1. The van der Waals surface area contributed by atoms with E-state index in [2.05, 4.69) is 81.9 Å². The Hall–Kier alpha value is -2.48. The van der Waals surface area contributed by atoms with E-state index >= 15 is 0 Å². The maximum atomic E-state index is 14.2. The molecule has 222 valence electrons. The van der Waals surface area contributed by atoms with Crippen LogP contribution in [0, 0.1) is 28.6 Å². The van der Waals surface area contributed by atoms with Gasteiger partial charge in [0.15, 0.2) is 11.6 Å². The monoisotopic (exact) mass is 554 g/mol. The average molecular weight is 555 g/mol. The van der Waals surface area contributed by atoms with E-state index < -0.39 is 5.41 Å². The molecule has 0 aliphatic heterocycles. The third-order valence-corrected chi connectivity index (χ3v) is 11.1. The normalized spacial score (nSPS) is 28.1. The summed E-state index contributed by atoms with van der Waals surface area (Å²) < 4.78 is 0. The fourth-order valence-electron chi connectivity index (χ4n) is 8.92. The minimum Gasteiger partial charge on any atom is -0.294 e. The molecule has 0 amide bonds. The van der Waals surface area contributed by atoms with Gasteiger partial charge in [0.05, 0.1) is 11.0 Å². The Morgan fingerprint density at radius 3 is 2.22 bits per heavy atom. The molecule has 3 atom stereocenters. The van der Waals surface area contributed by atoms with Crippen molar-refractivity contribution in [3.05, 3.63) is 74.9 Å². The molecule has 0 heterocycles. The van der Waals surface area contributed by atoms with Gasteiger partial charge in [-0.1, -0.05) is 84.4 Å². The molecular formula is C39H54O2. The predicted molar refractivity (Wildman–Crippen MR) is 174 cm³/mol. The molecule has 2 heteroatoms. The van der Waals surface area contributed by atoms with Gasteiger partial charge in [0.2, 0.25) is 0 Å². The first kappa shape index (κ1) is 31.5. The number of carbonyl (C=O) groups excluding carboxylic acids is 2. The molecule has 4 rings (SSSR count). The average Bonchev–Trinajstić information content (AvgIpc) is 2.80. The van der Waals surface area contributed by atoms with Crippen LogP contribution < -0.4 is 0 Å². The van der Waals surface area contributed by atoms with Gasteiger partial charge in [0.1, 0.15) is 0 Å². The summed E-state index contributed by atoms with van der Waals surface area (Å²) in [6.45, 7) is 35.5. The first-order chi connectivity index (χ1) is 18.7. The van der Waals surface area contributed by atoms with Crippen LogP contribution in [0.5, 0.6) is 0 Å². The molecule has 0 saturated heterocycles. The van der Waals surface area contributed by atoms with E-state index in [9.17, 15) is 9.59 Å².